The van der Waals surface area contributed by atoms with E-state index < -0.39 is 0 Å². The number of nitrogens with one attached hydrogen (secondary N) is 1. The van der Waals surface area contributed by atoms with Crippen molar-refractivity contribution in [3.63, 3.8) is 0 Å². The maximum absolute atomic E-state index is 12.6. The summed E-state index contributed by atoms with van der Waals surface area (Å²) in [4.78, 5) is 17.3. The summed E-state index contributed by atoms with van der Waals surface area (Å²) in [6, 6.07) is 22.9. The Hall–Kier alpha value is -2.95. The number of carbonyl (C=O) groups excluding carboxylic acids is 1. The van der Waals surface area contributed by atoms with Gasteiger partial charge in [-0.05, 0) is 36.8 Å². The number of benzene rings is 3. The van der Waals surface area contributed by atoms with E-state index in [9.17, 15) is 4.79 Å². The van der Waals surface area contributed by atoms with Gasteiger partial charge in [0.1, 0.15) is 5.01 Å². The molecule has 0 spiro atoms. The van der Waals surface area contributed by atoms with Gasteiger partial charge in [0.05, 0.1) is 10.7 Å². The predicted octanol–water partition coefficient (Wildman–Crippen LogP) is 6.69. The molecule has 0 aliphatic rings. The van der Waals surface area contributed by atoms with Gasteiger partial charge in [0.15, 0.2) is 0 Å². The van der Waals surface area contributed by atoms with Gasteiger partial charge in [0.2, 0.25) is 0 Å². The zero-order valence-electron chi connectivity index (χ0n) is 15.1. The number of anilines is 1. The summed E-state index contributed by atoms with van der Waals surface area (Å²) in [5, 5.41) is 6.53. The minimum absolute atomic E-state index is 0.120. The topological polar surface area (TPSA) is 42.0 Å². The molecule has 4 rings (SSSR count). The maximum Gasteiger partial charge on any atom is 0.255 e. The van der Waals surface area contributed by atoms with Crippen LogP contribution in [0.25, 0.3) is 21.8 Å². The number of nitrogens with zero attached hydrogens (tertiary/aromatic N) is 1. The Kier molecular flexibility index (Phi) is 5.24. The van der Waals surface area contributed by atoms with Crippen molar-refractivity contribution in [1.29, 1.82) is 0 Å². The molecule has 0 aliphatic carbocycles. The Morgan fingerprint density at radius 3 is 2.61 bits per heavy atom. The molecule has 0 aliphatic heterocycles. The predicted molar refractivity (Wildman–Crippen MR) is 117 cm³/mol. The zero-order valence-corrected chi connectivity index (χ0v) is 16.7. The largest absolute Gasteiger partial charge is 0.322 e. The lowest BCUT2D eigenvalue weighted by Gasteiger charge is -2.08. The van der Waals surface area contributed by atoms with Gasteiger partial charge in [-0.25, -0.2) is 4.98 Å². The van der Waals surface area contributed by atoms with E-state index in [1.54, 1.807) is 11.3 Å². The fourth-order valence-corrected chi connectivity index (χ4v) is 4.10. The highest BCUT2D eigenvalue weighted by Gasteiger charge is 2.12. The van der Waals surface area contributed by atoms with Crippen LogP contribution in [0.5, 0.6) is 0 Å². The lowest BCUT2D eigenvalue weighted by Crippen LogP contribution is -2.13. The molecule has 1 aromatic heterocycles. The highest BCUT2D eigenvalue weighted by Crippen LogP contribution is 2.33. The molecule has 0 unspecified atom stereocenters. The number of rotatable bonds is 4. The van der Waals surface area contributed by atoms with Gasteiger partial charge >= 0.3 is 0 Å². The van der Waals surface area contributed by atoms with Gasteiger partial charge in [-0.1, -0.05) is 60.1 Å². The first-order chi connectivity index (χ1) is 13.6. The standard InChI is InChI=1S/C23H17ClN2OS/c1-15-7-2-3-10-18(15)22(27)25-17-9-6-8-16(13-17)21-14-28-23(26-21)19-11-4-5-12-20(19)24/h2-14H,1H3,(H,25,27). The Balaban J connectivity index is 1.59. The molecule has 3 aromatic carbocycles. The number of amides is 1. The van der Waals surface area contributed by atoms with Crippen molar-refractivity contribution < 1.29 is 4.79 Å². The van der Waals surface area contributed by atoms with Gasteiger partial charge in [-0.2, -0.15) is 0 Å². The van der Waals surface area contributed by atoms with Gasteiger partial charge in [0.25, 0.3) is 5.91 Å². The summed E-state index contributed by atoms with van der Waals surface area (Å²) in [6.07, 6.45) is 0. The molecule has 1 N–H and O–H groups in total. The van der Waals surface area contributed by atoms with Crippen molar-refractivity contribution in [1.82, 2.24) is 4.98 Å². The van der Waals surface area contributed by atoms with Crippen LogP contribution in [0.4, 0.5) is 5.69 Å². The third kappa shape index (κ3) is 3.84. The average molecular weight is 405 g/mol. The minimum Gasteiger partial charge on any atom is -0.322 e. The molecule has 1 heterocycles. The van der Waals surface area contributed by atoms with Crippen molar-refractivity contribution in [2.24, 2.45) is 0 Å². The van der Waals surface area contributed by atoms with Crippen LogP contribution in [0, 0.1) is 6.92 Å². The van der Waals surface area contributed by atoms with Crippen LogP contribution >= 0.6 is 22.9 Å². The van der Waals surface area contributed by atoms with E-state index in [1.807, 2.05) is 85.1 Å². The number of hydrogen-bond acceptors (Lipinski definition) is 3. The lowest BCUT2D eigenvalue weighted by atomic mass is 10.1. The molecule has 0 fully saturated rings. The number of halogens is 1. The second kappa shape index (κ2) is 7.97. The van der Waals surface area contributed by atoms with Crippen molar-refractivity contribution in [3.8, 4) is 21.8 Å². The highest BCUT2D eigenvalue weighted by atomic mass is 35.5. The SMILES string of the molecule is Cc1ccccc1C(=O)Nc1cccc(-c2csc(-c3ccccc3Cl)n2)c1. The Bertz CT molecular complexity index is 1150. The van der Waals surface area contributed by atoms with Gasteiger partial charge in [0, 0.05) is 27.8 Å². The van der Waals surface area contributed by atoms with Crippen molar-refractivity contribution >= 4 is 34.5 Å². The summed E-state index contributed by atoms with van der Waals surface area (Å²) in [6.45, 7) is 1.93. The van der Waals surface area contributed by atoms with E-state index >= 15 is 0 Å². The first-order valence-corrected chi connectivity index (χ1v) is 10.1. The Morgan fingerprint density at radius 2 is 1.79 bits per heavy atom. The number of thiazole rings is 1. The number of carbonyl (C=O) groups is 1. The van der Waals surface area contributed by atoms with Crippen LogP contribution in [0.2, 0.25) is 5.02 Å². The molecule has 28 heavy (non-hydrogen) atoms. The van der Waals surface area contributed by atoms with Crippen molar-refractivity contribution in [2.45, 2.75) is 6.92 Å². The maximum atomic E-state index is 12.6. The summed E-state index contributed by atoms with van der Waals surface area (Å²) >= 11 is 7.83. The quantitative estimate of drug-likeness (QED) is 0.411. The molecule has 5 heteroatoms. The third-order valence-electron chi connectivity index (χ3n) is 4.41. The summed E-state index contributed by atoms with van der Waals surface area (Å²) in [5.74, 6) is -0.120. The normalized spacial score (nSPS) is 10.6. The first-order valence-electron chi connectivity index (χ1n) is 8.79. The Morgan fingerprint density at radius 1 is 1.00 bits per heavy atom. The van der Waals surface area contributed by atoms with Crippen LogP contribution < -0.4 is 5.32 Å². The molecule has 0 radical (unpaired) electrons. The van der Waals surface area contributed by atoms with Gasteiger partial charge in [-0.15, -0.1) is 11.3 Å². The van der Waals surface area contributed by atoms with Crippen molar-refractivity contribution in [3.05, 3.63) is 94.3 Å². The average Bonchev–Trinajstić information content (AvgIpc) is 3.19. The minimum atomic E-state index is -0.120. The fraction of sp³-hybridized carbons (Fsp3) is 0.0435. The van der Waals surface area contributed by atoms with Gasteiger partial charge < -0.3 is 5.32 Å². The van der Waals surface area contributed by atoms with E-state index in [-0.39, 0.29) is 5.91 Å². The molecule has 0 saturated heterocycles. The number of aryl methyl sites for hydroxylation is 1. The molecule has 0 bridgehead atoms. The monoisotopic (exact) mass is 404 g/mol. The highest BCUT2D eigenvalue weighted by molar-refractivity contribution is 7.13. The van der Waals surface area contributed by atoms with E-state index in [2.05, 4.69) is 5.32 Å². The van der Waals surface area contributed by atoms with Crippen LogP contribution in [0.3, 0.4) is 0 Å². The van der Waals surface area contributed by atoms with Crippen LogP contribution in [-0.2, 0) is 0 Å². The third-order valence-corrected chi connectivity index (χ3v) is 5.62. The van der Waals surface area contributed by atoms with E-state index in [1.165, 1.54) is 0 Å². The summed E-state index contributed by atoms with van der Waals surface area (Å²) in [7, 11) is 0. The van der Waals surface area contributed by atoms with Crippen LogP contribution in [0.15, 0.2) is 78.2 Å². The number of hydrogen-bond donors (Lipinski definition) is 1. The van der Waals surface area contributed by atoms with Crippen molar-refractivity contribution in [2.75, 3.05) is 5.32 Å². The smallest absolute Gasteiger partial charge is 0.255 e. The number of aromatic nitrogens is 1. The van der Waals surface area contributed by atoms with E-state index in [0.29, 0.717) is 10.6 Å². The summed E-state index contributed by atoms with van der Waals surface area (Å²) < 4.78 is 0. The molecular formula is C23H17ClN2OS. The second-order valence-corrected chi connectivity index (χ2v) is 7.63. The molecule has 0 saturated carbocycles. The second-order valence-electron chi connectivity index (χ2n) is 6.37. The molecule has 4 aromatic rings. The fourth-order valence-electron chi connectivity index (χ4n) is 2.95. The first kappa shape index (κ1) is 18.4. The molecule has 1 amide bonds. The Labute approximate surface area is 172 Å². The zero-order chi connectivity index (χ0) is 19.5. The lowest BCUT2D eigenvalue weighted by molar-refractivity contribution is 0.102. The van der Waals surface area contributed by atoms with E-state index in [4.69, 9.17) is 16.6 Å². The molecule has 0 atom stereocenters. The van der Waals surface area contributed by atoms with Crippen LogP contribution in [-0.4, -0.2) is 10.9 Å². The summed E-state index contributed by atoms with van der Waals surface area (Å²) in [5.41, 5.74) is 5.06. The van der Waals surface area contributed by atoms with Gasteiger partial charge in [-0.3, -0.25) is 4.79 Å². The van der Waals surface area contributed by atoms with Crippen LogP contribution in [0.1, 0.15) is 15.9 Å². The van der Waals surface area contributed by atoms with E-state index in [0.717, 1.165) is 33.1 Å². The molecule has 138 valence electrons. The molecular weight excluding hydrogens is 388 g/mol. The molecule has 3 nitrogen and oxygen atoms in total.